The van der Waals surface area contributed by atoms with Gasteiger partial charge in [-0.2, -0.15) is 0 Å². The first-order chi connectivity index (χ1) is 9.58. The molecule has 110 valence electrons. The average Bonchev–Trinajstić information content (AvgIpc) is 2.63. The minimum atomic E-state index is -1.08. The summed E-state index contributed by atoms with van der Waals surface area (Å²) >= 11 is 0. The Labute approximate surface area is 119 Å². The molecule has 2 rings (SSSR count). The molecule has 1 aliphatic heterocycles. The van der Waals surface area contributed by atoms with Crippen molar-refractivity contribution in [2.24, 2.45) is 5.92 Å². The Kier molecular flexibility index (Phi) is 5.12. The normalized spacial score (nSPS) is 20.6. The second kappa shape index (κ2) is 6.84. The molecule has 1 aromatic rings. The number of likely N-dealkylation sites (tertiary alicyclic amines) is 1. The van der Waals surface area contributed by atoms with Crippen molar-refractivity contribution in [2.45, 2.75) is 39.2 Å². The van der Waals surface area contributed by atoms with E-state index in [9.17, 15) is 9.18 Å². The van der Waals surface area contributed by atoms with Gasteiger partial charge in [-0.3, -0.25) is 4.90 Å². The maximum atomic E-state index is 13.5. The fourth-order valence-corrected chi connectivity index (χ4v) is 2.91. The van der Waals surface area contributed by atoms with Crippen LogP contribution < -0.4 is 0 Å². The van der Waals surface area contributed by atoms with Crippen LogP contribution in [0.15, 0.2) is 18.2 Å². The summed E-state index contributed by atoms with van der Waals surface area (Å²) < 4.78 is 13.5. The van der Waals surface area contributed by atoms with E-state index in [1.165, 1.54) is 31.7 Å². The third-order valence-corrected chi connectivity index (χ3v) is 4.13. The molecule has 0 radical (unpaired) electrons. The molecule has 3 nitrogen and oxygen atoms in total. The average molecular weight is 279 g/mol. The molecule has 1 atom stereocenters. The van der Waals surface area contributed by atoms with E-state index in [4.69, 9.17) is 5.11 Å². The van der Waals surface area contributed by atoms with Crippen molar-refractivity contribution in [3.8, 4) is 0 Å². The van der Waals surface area contributed by atoms with Gasteiger partial charge in [0.05, 0.1) is 5.56 Å². The molecule has 0 amide bonds. The molecule has 4 heteroatoms. The van der Waals surface area contributed by atoms with E-state index in [1.54, 1.807) is 6.07 Å². The Morgan fingerprint density at radius 3 is 2.85 bits per heavy atom. The Morgan fingerprint density at radius 2 is 2.15 bits per heavy atom. The zero-order valence-corrected chi connectivity index (χ0v) is 11.9. The van der Waals surface area contributed by atoms with Crippen LogP contribution in [0.2, 0.25) is 0 Å². The molecular formula is C16H22FNO2. The maximum absolute atomic E-state index is 13.5. The lowest BCUT2D eigenvalue weighted by atomic mass is 9.98. The fourth-order valence-electron chi connectivity index (χ4n) is 2.91. The van der Waals surface area contributed by atoms with Crippen molar-refractivity contribution in [3.05, 3.63) is 35.1 Å². The van der Waals surface area contributed by atoms with Crippen molar-refractivity contribution < 1.29 is 14.3 Å². The largest absolute Gasteiger partial charge is 0.478 e. The van der Waals surface area contributed by atoms with E-state index in [2.05, 4.69) is 11.8 Å². The van der Waals surface area contributed by atoms with Crippen LogP contribution in [0.25, 0.3) is 0 Å². The SMILES string of the molecule is CCC1CCCN(Cc2cc(F)cc(C(=O)O)c2)CC1. The van der Waals surface area contributed by atoms with Crippen LogP contribution in [0, 0.1) is 11.7 Å². The Hall–Kier alpha value is -1.42. The second-order valence-corrected chi connectivity index (χ2v) is 5.63. The number of hydrogen-bond acceptors (Lipinski definition) is 2. The Bertz CT molecular complexity index is 476. The van der Waals surface area contributed by atoms with Gasteiger partial charge in [0, 0.05) is 6.54 Å². The first-order valence-electron chi connectivity index (χ1n) is 7.33. The summed E-state index contributed by atoms with van der Waals surface area (Å²) in [7, 11) is 0. The fraction of sp³-hybridized carbons (Fsp3) is 0.562. The minimum absolute atomic E-state index is 0.0289. The maximum Gasteiger partial charge on any atom is 0.335 e. The lowest BCUT2D eigenvalue weighted by molar-refractivity contribution is 0.0696. The first-order valence-corrected chi connectivity index (χ1v) is 7.33. The summed E-state index contributed by atoms with van der Waals surface area (Å²) in [5.74, 6) is -0.754. The summed E-state index contributed by atoms with van der Waals surface area (Å²) in [6, 6.07) is 4.09. The van der Waals surface area contributed by atoms with Gasteiger partial charge >= 0.3 is 5.97 Å². The summed E-state index contributed by atoms with van der Waals surface area (Å²) in [4.78, 5) is 13.3. The molecular weight excluding hydrogens is 257 g/mol. The molecule has 1 N–H and O–H groups in total. The van der Waals surface area contributed by atoms with Crippen LogP contribution in [0.4, 0.5) is 4.39 Å². The topological polar surface area (TPSA) is 40.5 Å². The minimum Gasteiger partial charge on any atom is -0.478 e. The summed E-state index contributed by atoms with van der Waals surface area (Å²) in [5.41, 5.74) is 0.776. The van der Waals surface area contributed by atoms with Crippen molar-refractivity contribution in [1.29, 1.82) is 0 Å². The van der Waals surface area contributed by atoms with Gasteiger partial charge < -0.3 is 5.11 Å². The van der Waals surface area contributed by atoms with Crippen molar-refractivity contribution in [3.63, 3.8) is 0 Å². The zero-order valence-electron chi connectivity index (χ0n) is 11.9. The smallest absolute Gasteiger partial charge is 0.335 e. The number of halogens is 1. The molecule has 1 unspecified atom stereocenters. The number of carbonyl (C=O) groups is 1. The van der Waals surface area contributed by atoms with E-state index in [0.29, 0.717) is 6.54 Å². The van der Waals surface area contributed by atoms with Crippen LogP contribution in [0.3, 0.4) is 0 Å². The van der Waals surface area contributed by atoms with E-state index in [-0.39, 0.29) is 5.56 Å². The highest BCUT2D eigenvalue weighted by Crippen LogP contribution is 2.21. The highest BCUT2D eigenvalue weighted by atomic mass is 19.1. The number of nitrogens with zero attached hydrogens (tertiary/aromatic N) is 1. The lowest BCUT2D eigenvalue weighted by Gasteiger charge is -2.20. The van der Waals surface area contributed by atoms with Gasteiger partial charge in [0.15, 0.2) is 0 Å². The molecule has 0 saturated carbocycles. The summed E-state index contributed by atoms with van der Waals surface area (Å²) in [6.07, 6.45) is 4.82. The third kappa shape index (κ3) is 4.04. The summed E-state index contributed by atoms with van der Waals surface area (Å²) in [6.45, 7) is 4.88. The molecule has 1 aromatic carbocycles. The Balaban J connectivity index is 2.04. The number of aromatic carboxylic acids is 1. The molecule has 20 heavy (non-hydrogen) atoms. The highest BCUT2D eigenvalue weighted by molar-refractivity contribution is 5.87. The standard InChI is InChI=1S/C16H22FNO2/c1-2-12-4-3-6-18(7-5-12)11-13-8-14(16(19)20)10-15(17)9-13/h8-10,12H,2-7,11H2,1H3,(H,19,20). The van der Waals surface area contributed by atoms with Gasteiger partial charge in [-0.1, -0.05) is 13.3 Å². The predicted molar refractivity (Wildman–Crippen MR) is 76.3 cm³/mol. The van der Waals surface area contributed by atoms with Crippen molar-refractivity contribution >= 4 is 5.97 Å². The van der Waals surface area contributed by atoms with Gasteiger partial charge in [-0.25, -0.2) is 9.18 Å². The van der Waals surface area contributed by atoms with E-state index in [0.717, 1.165) is 30.6 Å². The molecule has 0 aromatic heterocycles. The Morgan fingerprint density at radius 1 is 1.35 bits per heavy atom. The number of carboxylic acids is 1. The molecule has 0 bridgehead atoms. The monoisotopic (exact) mass is 279 g/mol. The molecule has 0 spiro atoms. The van der Waals surface area contributed by atoms with Gasteiger partial charge in [0.25, 0.3) is 0 Å². The third-order valence-electron chi connectivity index (χ3n) is 4.13. The van der Waals surface area contributed by atoms with Gasteiger partial charge in [0.1, 0.15) is 5.82 Å². The van der Waals surface area contributed by atoms with Crippen molar-refractivity contribution in [2.75, 3.05) is 13.1 Å². The van der Waals surface area contributed by atoms with Gasteiger partial charge in [-0.15, -0.1) is 0 Å². The van der Waals surface area contributed by atoms with Crippen LogP contribution in [0.5, 0.6) is 0 Å². The second-order valence-electron chi connectivity index (χ2n) is 5.63. The van der Waals surface area contributed by atoms with E-state index in [1.807, 2.05) is 0 Å². The quantitative estimate of drug-likeness (QED) is 0.916. The number of benzene rings is 1. The summed E-state index contributed by atoms with van der Waals surface area (Å²) in [5, 5.41) is 8.97. The molecule has 0 aliphatic carbocycles. The lowest BCUT2D eigenvalue weighted by Crippen LogP contribution is -2.24. The number of hydrogen-bond donors (Lipinski definition) is 1. The molecule has 1 saturated heterocycles. The van der Waals surface area contributed by atoms with Crippen LogP contribution in [-0.2, 0) is 6.54 Å². The van der Waals surface area contributed by atoms with Crippen LogP contribution in [0.1, 0.15) is 48.5 Å². The highest BCUT2D eigenvalue weighted by Gasteiger charge is 2.16. The predicted octanol–water partition coefficient (Wildman–Crippen LogP) is 3.54. The van der Waals surface area contributed by atoms with E-state index >= 15 is 0 Å². The van der Waals surface area contributed by atoms with Gasteiger partial charge in [-0.05, 0) is 62.0 Å². The molecule has 1 aliphatic rings. The van der Waals surface area contributed by atoms with Crippen LogP contribution >= 0.6 is 0 Å². The molecule has 1 fully saturated rings. The van der Waals surface area contributed by atoms with Crippen molar-refractivity contribution in [1.82, 2.24) is 4.90 Å². The zero-order chi connectivity index (χ0) is 14.5. The first kappa shape index (κ1) is 15.0. The van der Waals surface area contributed by atoms with E-state index < -0.39 is 11.8 Å². The molecule has 1 heterocycles. The number of carboxylic acid groups (broad SMARTS) is 1. The van der Waals surface area contributed by atoms with Crippen LogP contribution in [-0.4, -0.2) is 29.1 Å². The van der Waals surface area contributed by atoms with Gasteiger partial charge in [0.2, 0.25) is 0 Å². The number of rotatable bonds is 4.